The number of piperidine rings is 1. The Bertz CT molecular complexity index is 581. The predicted molar refractivity (Wildman–Crippen MR) is 86.1 cm³/mol. The average Bonchev–Trinajstić information content (AvgIpc) is 2.47. The minimum Gasteiger partial charge on any atom is -0.491 e. The molecule has 1 fully saturated rings. The van der Waals surface area contributed by atoms with Gasteiger partial charge in [0.1, 0.15) is 5.75 Å². The maximum Gasteiger partial charge on any atom is 0.226 e. The van der Waals surface area contributed by atoms with Crippen molar-refractivity contribution in [1.29, 1.82) is 0 Å². The van der Waals surface area contributed by atoms with Gasteiger partial charge in [-0.2, -0.15) is 0 Å². The summed E-state index contributed by atoms with van der Waals surface area (Å²) in [5.74, 6) is -0.158. The van der Waals surface area contributed by atoms with E-state index >= 15 is 0 Å². The molecule has 126 valence electrons. The van der Waals surface area contributed by atoms with Crippen LogP contribution in [0, 0.1) is 0 Å². The van der Waals surface area contributed by atoms with Crippen LogP contribution in [0.3, 0.4) is 0 Å². The summed E-state index contributed by atoms with van der Waals surface area (Å²) in [5, 5.41) is 10.9. The van der Waals surface area contributed by atoms with E-state index in [0.717, 1.165) is 0 Å². The van der Waals surface area contributed by atoms with Crippen molar-refractivity contribution in [2.24, 2.45) is 5.73 Å². The first-order chi connectivity index (χ1) is 10.9. The Morgan fingerprint density at radius 2 is 2.13 bits per heavy atom. The van der Waals surface area contributed by atoms with Gasteiger partial charge in [0.05, 0.1) is 30.1 Å². The summed E-state index contributed by atoms with van der Waals surface area (Å²) in [4.78, 5) is 24.8. The number of nitrogens with zero attached hydrogens (tertiary/aromatic N) is 1. The number of carbonyl (C=O) groups excluding carboxylic acids is 2. The largest absolute Gasteiger partial charge is 0.491 e. The maximum absolute atomic E-state index is 12.2. The number of carbonyl (C=O) groups is 2. The van der Waals surface area contributed by atoms with Crippen LogP contribution >= 0.6 is 11.6 Å². The molecule has 0 bridgehead atoms. The van der Waals surface area contributed by atoms with Crippen molar-refractivity contribution in [3.8, 4) is 5.75 Å². The number of benzene rings is 1. The molecular weight excluding hydrogens is 320 g/mol. The number of hydrogen-bond donors (Lipinski definition) is 2. The van der Waals surface area contributed by atoms with E-state index in [0.29, 0.717) is 30.2 Å². The van der Waals surface area contributed by atoms with Gasteiger partial charge in [0.15, 0.2) is 0 Å². The summed E-state index contributed by atoms with van der Waals surface area (Å²) >= 11 is 5.98. The standard InChI is InChI=1S/C16H21ClN2O4/c17-12-4-1-2-5-13(12)23-9-6-15(21)19-8-3-7-16(22,11-19)10-14(18)20/h1-2,4-5,22H,3,6-11H2,(H2,18,20). The van der Waals surface area contributed by atoms with E-state index in [-0.39, 0.29) is 31.9 Å². The zero-order valence-corrected chi connectivity index (χ0v) is 13.6. The molecule has 0 spiro atoms. The van der Waals surface area contributed by atoms with Gasteiger partial charge < -0.3 is 20.5 Å². The molecule has 0 aromatic heterocycles. The molecule has 1 heterocycles. The number of β-amino-alcohol motifs (C(OH)–C–C–N with tert-alkyl or cyclic N) is 1. The van der Waals surface area contributed by atoms with E-state index in [1.54, 1.807) is 29.2 Å². The van der Waals surface area contributed by atoms with E-state index in [2.05, 4.69) is 0 Å². The number of nitrogens with two attached hydrogens (primary N) is 1. The Morgan fingerprint density at radius 1 is 1.39 bits per heavy atom. The minimum absolute atomic E-state index is 0.125. The molecule has 0 saturated carbocycles. The molecule has 1 unspecified atom stereocenters. The number of para-hydroxylation sites is 1. The SMILES string of the molecule is NC(=O)CC1(O)CCCN(C(=O)CCOc2ccccc2Cl)C1. The van der Waals surface area contributed by atoms with Crippen molar-refractivity contribution in [2.75, 3.05) is 19.7 Å². The van der Waals surface area contributed by atoms with Gasteiger partial charge in [-0.25, -0.2) is 0 Å². The second-order valence-corrected chi connectivity index (χ2v) is 6.22. The molecule has 1 aliphatic heterocycles. The monoisotopic (exact) mass is 340 g/mol. The van der Waals surface area contributed by atoms with E-state index < -0.39 is 11.5 Å². The van der Waals surface area contributed by atoms with Crippen molar-refractivity contribution in [2.45, 2.75) is 31.3 Å². The Hall–Kier alpha value is -1.79. The number of aliphatic hydroxyl groups is 1. The van der Waals surface area contributed by atoms with E-state index in [4.69, 9.17) is 22.1 Å². The molecule has 2 rings (SSSR count). The molecule has 1 atom stereocenters. The van der Waals surface area contributed by atoms with Crippen LogP contribution in [0.4, 0.5) is 0 Å². The van der Waals surface area contributed by atoms with Gasteiger partial charge in [-0.05, 0) is 25.0 Å². The smallest absolute Gasteiger partial charge is 0.226 e. The summed E-state index contributed by atoms with van der Waals surface area (Å²) in [6, 6.07) is 7.05. The van der Waals surface area contributed by atoms with Crippen molar-refractivity contribution < 1.29 is 19.4 Å². The minimum atomic E-state index is -1.22. The number of ether oxygens (including phenoxy) is 1. The van der Waals surface area contributed by atoms with Crippen molar-refractivity contribution in [3.05, 3.63) is 29.3 Å². The Labute approximate surface area is 140 Å². The third-order valence-corrected chi connectivity index (χ3v) is 4.13. The van der Waals surface area contributed by atoms with Crippen LogP contribution in [0.2, 0.25) is 5.02 Å². The summed E-state index contributed by atoms with van der Waals surface area (Å²) < 4.78 is 5.50. The van der Waals surface area contributed by atoms with Crippen molar-refractivity contribution in [3.63, 3.8) is 0 Å². The normalized spacial score (nSPS) is 21.0. The molecule has 1 aliphatic rings. The molecule has 2 amide bonds. The van der Waals surface area contributed by atoms with Crippen LogP contribution in [0.1, 0.15) is 25.7 Å². The molecule has 0 aliphatic carbocycles. The molecule has 3 N–H and O–H groups in total. The molecule has 23 heavy (non-hydrogen) atoms. The summed E-state index contributed by atoms with van der Waals surface area (Å²) in [5.41, 5.74) is 3.94. The third kappa shape index (κ3) is 5.11. The van der Waals surface area contributed by atoms with Gasteiger partial charge in [-0.15, -0.1) is 0 Å². The topological polar surface area (TPSA) is 92.9 Å². The van der Waals surface area contributed by atoms with E-state index in [9.17, 15) is 14.7 Å². The lowest BCUT2D eigenvalue weighted by molar-refractivity contribution is -0.142. The van der Waals surface area contributed by atoms with Crippen LogP contribution in [-0.2, 0) is 9.59 Å². The lowest BCUT2D eigenvalue weighted by Gasteiger charge is -2.38. The fourth-order valence-electron chi connectivity index (χ4n) is 2.76. The van der Waals surface area contributed by atoms with E-state index in [1.165, 1.54) is 0 Å². The first-order valence-electron chi connectivity index (χ1n) is 7.55. The molecule has 0 radical (unpaired) electrons. The quantitative estimate of drug-likeness (QED) is 0.817. The lowest BCUT2D eigenvalue weighted by Crippen LogP contribution is -2.52. The zero-order valence-electron chi connectivity index (χ0n) is 12.8. The highest BCUT2D eigenvalue weighted by molar-refractivity contribution is 6.32. The summed E-state index contributed by atoms with van der Waals surface area (Å²) in [6.07, 6.45) is 1.15. The van der Waals surface area contributed by atoms with Gasteiger partial charge in [0.2, 0.25) is 11.8 Å². The molecule has 1 aromatic carbocycles. The molecule has 7 heteroatoms. The second kappa shape index (κ2) is 7.66. The lowest BCUT2D eigenvalue weighted by atomic mass is 9.89. The predicted octanol–water partition coefficient (Wildman–Crippen LogP) is 1.34. The summed E-state index contributed by atoms with van der Waals surface area (Å²) in [6.45, 7) is 0.889. The number of likely N-dealkylation sites (tertiary alicyclic amines) is 1. The highest BCUT2D eigenvalue weighted by atomic mass is 35.5. The average molecular weight is 341 g/mol. The molecule has 1 aromatic rings. The number of halogens is 1. The zero-order chi connectivity index (χ0) is 16.9. The fourth-order valence-corrected chi connectivity index (χ4v) is 2.95. The number of amides is 2. The second-order valence-electron chi connectivity index (χ2n) is 5.82. The van der Waals surface area contributed by atoms with Crippen LogP contribution < -0.4 is 10.5 Å². The van der Waals surface area contributed by atoms with E-state index in [1.807, 2.05) is 0 Å². The van der Waals surface area contributed by atoms with Crippen LogP contribution in [-0.4, -0.2) is 47.1 Å². The highest BCUT2D eigenvalue weighted by Gasteiger charge is 2.36. The van der Waals surface area contributed by atoms with Crippen LogP contribution in [0.15, 0.2) is 24.3 Å². The maximum atomic E-state index is 12.2. The van der Waals surface area contributed by atoms with Crippen LogP contribution in [0.5, 0.6) is 5.75 Å². The third-order valence-electron chi connectivity index (χ3n) is 3.82. The first kappa shape index (κ1) is 17.6. The molecule has 1 saturated heterocycles. The van der Waals surface area contributed by atoms with Gasteiger partial charge in [-0.3, -0.25) is 9.59 Å². The Balaban J connectivity index is 1.83. The van der Waals surface area contributed by atoms with Gasteiger partial charge in [-0.1, -0.05) is 23.7 Å². The molecule has 6 nitrogen and oxygen atoms in total. The Kier molecular flexibility index (Phi) is 5.85. The number of hydrogen-bond acceptors (Lipinski definition) is 4. The number of primary amides is 1. The summed E-state index contributed by atoms with van der Waals surface area (Å²) in [7, 11) is 0. The van der Waals surface area contributed by atoms with Gasteiger partial charge in [0, 0.05) is 13.1 Å². The Morgan fingerprint density at radius 3 is 2.83 bits per heavy atom. The van der Waals surface area contributed by atoms with Gasteiger partial charge >= 0.3 is 0 Å². The highest BCUT2D eigenvalue weighted by Crippen LogP contribution is 2.25. The van der Waals surface area contributed by atoms with Crippen molar-refractivity contribution in [1.82, 2.24) is 4.90 Å². The van der Waals surface area contributed by atoms with Crippen LogP contribution in [0.25, 0.3) is 0 Å². The number of rotatable bonds is 6. The van der Waals surface area contributed by atoms with Gasteiger partial charge in [0.25, 0.3) is 0 Å². The first-order valence-corrected chi connectivity index (χ1v) is 7.93. The van der Waals surface area contributed by atoms with Crippen molar-refractivity contribution >= 4 is 23.4 Å². The fraction of sp³-hybridized carbons (Fsp3) is 0.500. The molecular formula is C16H21ClN2O4.